The van der Waals surface area contributed by atoms with Gasteiger partial charge in [0, 0.05) is 0 Å². The molecule has 24 heavy (non-hydrogen) atoms. The van der Waals surface area contributed by atoms with Crippen LogP contribution in [0.2, 0.25) is 0 Å². The Morgan fingerprint density at radius 3 is 2.12 bits per heavy atom. The minimum atomic E-state index is 0.674. The molecule has 0 amide bonds. The van der Waals surface area contributed by atoms with Gasteiger partial charge in [0.05, 0.1) is 13.3 Å². The first-order valence-corrected chi connectivity index (χ1v) is 9.87. The van der Waals surface area contributed by atoms with Crippen LogP contribution >= 0.6 is 0 Å². The van der Waals surface area contributed by atoms with Crippen molar-refractivity contribution >= 4 is 11.5 Å². The predicted molar refractivity (Wildman–Crippen MR) is 101 cm³/mol. The molecule has 0 bridgehead atoms. The zero-order valence-electron chi connectivity index (χ0n) is 15.3. The number of nitrogens with zero attached hydrogens (tertiary/aromatic N) is 2. The van der Waals surface area contributed by atoms with Crippen molar-refractivity contribution in [3.05, 3.63) is 6.33 Å². The van der Waals surface area contributed by atoms with Gasteiger partial charge in [-0.1, -0.05) is 77.6 Å². The molecule has 1 aromatic rings. The zero-order valence-corrected chi connectivity index (χ0v) is 15.3. The Hall–Kier alpha value is -1.52. The van der Waals surface area contributed by atoms with Crippen LogP contribution in [0.5, 0.6) is 5.88 Å². The molecule has 5 heteroatoms. The van der Waals surface area contributed by atoms with E-state index < -0.39 is 0 Å². The van der Waals surface area contributed by atoms with Crippen LogP contribution in [0.25, 0.3) is 0 Å². The van der Waals surface area contributed by atoms with Gasteiger partial charge in [0.25, 0.3) is 0 Å². The lowest BCUT2D eigenvalue weighted by Gasteiger charge is -2.08. The number of fused-ring (bicyclic) bond motifs is 1. The molecule has 2 rings (SSSR count). The quantitative estimate of drug-likeness (QED) is 0.449. The summed E-state index contributed by atoms with van der Waals surface area (Å²) in [7, 11) is 0. The molecule has 0 spiro atoms. The smallest absolute Gasteiger partial charge is 0.242 e. The SMILES string of the molecule is CCCCCCCCCCCCCCOc1ncnc2c1NCN2. The summed E-state index contributed by atoms with van der Waals surface area (Å²) in [5.74, 6) is 1.52. The molecule has 0 radical (unpaired) electrons. The Morgan fingerprint density at radius 2 is 1.46 bits per heavy atom. The van der Waals surface area contributed by atoms with Crippen molar-refractivity contribution in [2.45, 2.75) is 84.0 Å². The van der Waals surface area contributed by atoms with Crippen molar-refractivity contribution in [2.75, 3.05) is 23.9 Å². The summed E-state index contributed by atoms with van der Waals surface area (Å²) >= 11 is 0. The molecule has 2 N–H and O–H groups in total. The molecule has 0 saturated carbocycles. The van der Waals surface area contributed by atoms with Crippen molar-refractivity contribution in [3.63, 3.8) is 0 Å². The second kappa shape index (κ2) is 11.9. The molecular weight excluding hydrogens is 300 g/mol. The number of hydrogen-bond donors (Lipinski definition) is 2. The molecule has 0 unspecified atom stereocenters. The van der Waals surface area contributed by atoms with Gasteiger partial charge in [-0.3, -0.25) is 0 Å². The second-order valence-corrected chi connectivity index (χ2v) is 6.67. The van der Waals surface area contributed by atoms with Crippen LogP contribution in [0.15, 0.2) is 6.33 Å². The Labute approximate surface area is 147 Å². The molecule has 0 fully saturated rings. The lowest BCUT2D eigenvalue weighted by molar-refractivity contribution is 0.294. The number of anilines is 2. The lowest BCUT2D eigenvalue weighted by Crippen LogP contribution is -2.02. The first kappa shape index (κ1) is 18.8. The van der Waals surface area contributed by atoms with Crippen molar-refractivity contribution in [1.82, 2.24) is 9.97 Å². The average molecular weight is 335 g/mol. The van der Waals surface area contributed by atoms with Crippen LogP contribution in [-0.4, -0.2) is 23.2 Å². The van der Waals surface area contributed by atoms with Crippen LogP contribution in [0.3, 0.4) is 0 Å². The Kier molecular flexibility index (Phi) is 9.35. The van der Waals surface area contributed by atoms with Crippen molar-refractivity contribution < 1.29 is 4.74 Å². The molecule has 1 aliphatic rings. The minimum absolute atomic E-state index is 0.674. The topological polar surface area (TPSA) is 59.1 Å². The molecular formula is C19H34N4O. The van der Waals surface area contributed by atoms with E-state index in [0.29, 0.717) is 12.5 Å². The third kappa shape index (κ3) is 6.93. The Balaban J connectivity index is 1.39. The summed E-state index contributed by atoms with van der Waals surface area (Å²) in [4.78, 5) is 8.38. The highest BCUT2D eigenvalue weighted by molar-refractivity contribution is 5.73. The number of ether oxygens (including phenoxy) is 1. The normalized spacial score (nSPS) is 12.5. The van der Waals surface area contributed by atoms with E-state index in [1.54, 1.807) is 6.33 Å². The largest absolute Gasteiger partial charge is 0.476 e. The lowest BCUT2D eigenvalue weighted by atomic mass is 10.1. The number of nitrogens with one attached hydrogen (secondary N) is 2. The van der Waals surface area contributed by atoms with Crippen LogP contribution in [-0.2, 0) is 0 Å². The van der Waals surface area contributed by atoms with E-state index in [-0.39, 0.29) is 0 Å². The van der Waals surface area contributed by atoms with Gasteiger partial charge in [-0.2, -0.15) is 4.98 Å². The van der Waals surface area contributed by atoms with Crippen LogP contribution < -0.4 is 15.4 Å². The maximum Gasteiger partial charge on any atom is 0.242 e. The predicted octanol–water partition coefficient (Wildman–Crippen LogP) is 5.35. The second-order valence-electron chi connectivity index (χ2n) is 6.67. The third-order valence-corrected chi connectivity index (χ3v) is 4.57. The highest BCUT2D eigenvalue weighted by atomic mass is 16.5. The standard InChI is InChI=1S/C19H34N4O/c1-2-3-4-5-6-7-8-9-10-11-12-13-14-24-19-17-18(21-15-20-17)22-16-23-19/h16,20H,2-15H2,1H3,(H,21,22,23). The molecule has 1 aliphatic heterocycles. The van der Waals surface area contributed by atoms with Crippen LogP contribution in [0.4, 0.5) is 11.5 Å². The molecule has 1 aromatic heterocycles. The molecule has 0 aromatic carbocycles. The third-order valence-electron chi connectivity index (χ3n) is 4.57. The van der Waals surface area contributed by atoms with E-state index in [9.17, 15) is 0 Å². The Morgan fingerprint density at radius 1 is 0.833 bits per heavy atom. The van der Waals surface area contributed by atoms with Crippen molar-refractivity contribution in [3.8, 4) is 5.88 Å². The van der Waals surface area contributed by atoms with E-state index in [2.05, 4.69) is 27.5 Å². The van der Waals surface area contributed by atoms with Gasteiger partial charge in [-0.05, 0) is 6.42 Å². The first-order valence-electron chi connectivity index (χ1n) is 9.87. The molecule has 0 saturated heterocycles. The molecule has 5 nitrogen and oxygen atoms in total. The van der Waals surface area contributed by atoms with E-state index in [1.807, 2.05) is 0 Å². The summed E-state index contributed by atoms with van der Waals surface area (Å²) in [5, 5.41) is 6.35. The van der Waals surface area contributed by atoms with Gasteiger partial charge >= 0.3 is 0 Å². The van der Waals surface area contributed by atoms with Gasteiger partial charge in [0.2, 0.25) is 5.88 Å². The molecule has 136 valence electrons. The number of hydrogen-bond acceptors (Lipinski definition) is 5. The maximum atomic E-state index is 5.79. The molecule has 2 heterocycles. The highest BCUT2D eigenvalue weighted by Gasteiger charge is 2.16. The summed E-state index contributed by atoms with van der Waals surface area (Å²) in [6.07, 6.45) is 17.9. The van der Waals surface area contributed by atoms with E-state index in [0.717, 1.165) is 24.5 Å². The fraction of sp³-hybridized carbons (Fsp3) is 0.789. The zero-order chi connectivity index (χ0) is 16.9. The summed E-state index contributed by atoms with van der Waals surface area (Å²) in [5.41, 5.74) is 0.899. The van der Waals surface area contributed by atoms with Gasteiger partial charge < -0.3 is 15.4 Å². The van der Waals surface area contributed by atoms with E-state index in [4.69, 9.17) is 4.74 Å². The van der Waals surface area contributed by atoms with Gasteiger partial charge in [0.1, 0.15) is 12.0 Å². The fourth-order valence-electron chi connectivity index (χ4n) is 3.10. The Bertz CT molecular complexity index is 453. The molecule has 0 atom stereocenters. The highest BCUT2D eigenvalue weighted by Crippen LogP contribution is 2.31. The summed E-state index contributed by atoms with van der Waals surface area (Å²) < 4.78 is 5.79. The fourth-order valence-corrected chi connectivity index (χ4v) is 3.10. The van der Waals surface area contributed by atoms with Crippen LogP contribution in [0, 0.1) is 0 Å². The van der Waals surface area contributed by atoms with Gasteiger partial charge in [0.15, 0.2) is 5.82 Å². The molecule has 0 aliphatic carbocycles. The average Bonchev–Trinajstić information content (AvgIpc) is 3.08. The van der Waals surface area contributed by atoms with Crippen molar-refractivity contribution in [1.29, 1.82) is 0 Å². The summed E-state index contributed by atoms with van der Waals surface area (Å²) in [6, 6.07) is 0. The van der Waals surface area contributed by atoms with E-state index in [1.165, 1.54) is 70.6 Å². The van der Waals surface area contributed by atoms with Gasteiger partial charge in [-0.15, -0.1) is 0 Å². The monoisotopic (exact) mass is 334 g/mol. The number of unbranched alkanes of at least 4 members (excludes halogenated alkanes) is 11. The van der Waals surface area contributed by atoms with Crippen molar-refractivity contribution in [2.24, 2.45) is 0 Å². The van der Waals surface area contributed by atoms with Crippen LogP contribution in [0.1, 0.15) is 84.0 Å². The van der Waals surface area contributed by atoms with E-state index >= 15 is 0 Å². The first-order chi connectivity index (χ1) is 11.9. The number of aromatic nitrogens is 2. The summed E-state index contributed by atoms with van der Waals surface area (Å²) in [6.45, 7) is 3.71. The maximum absolute atomic E-state index is 5.79. The number of rotatable bonds is 14. The van der Waals surface area contributed by atoms with Gasteiger partial charge in [-0.25, -0.2) is 4.98 Å². The minimum Gasteiger partial charge on any atom is -0.476 e.